The van der Waals surface area contributed by atoms with Crippen LogP contribution in [0.15, 0.2) is 43.0 Å². The van der Waals surface area contributed by atoms with Gasteiger partial charge in [-0.05, 0) is 18.6 Å². The summed E-state index contributed by atoms with van der Waals surface area (Å²) in [5, 5.41) is 0. The van der Waals surface area contributed by atoms with E-state index in [9.17, 15) is 4.79 Å². The van der Waals surface area contributed by atoms with E-state index in [2.05, 4.69) is 6.58 Å². The largest absolute Gasteiger partial charge is 0.493 e. The lowest BCUT2D eigenvalue weighted by atomic mass is 10.2. The average molecular weight is 204 g/mol. The summed E-state index contributed by atoms with van der Waals surface area (Å²) in [6.07, 6.45) is 3.56. The van der Waals surface area contributed by atoms with Gasteiger partial charge in [0.05, 0.1) is 6.61 Å². The molecule has 1 rings (SSSR count). The zero-order valence-electron chi connectivity index (χ0n) is 8.82. The molecule has 0 N–H and O–H groups in total. The van der Waals surface area contributed by atoms with Gasteiger partial charge in [-0.1, -0.05) is 24.3 Å². The van der Waals surface area contributed by atoms with Crippen LogP contribution in [-0.4, -0.2) is 12.4 Å². The van der Waals surface area contributed by atoms with Crippen molar-refractivity contribution < 1.29 is 9.53 Å². The molecule has 0 atom stereocenters. The molecule has 1 aromatic rings. The number of carbonyl (C=O) groups excluding carboxylic acids is 1. The van der Waals surface area contributed by atoms with E-state index >= 15 is 0 Å². The molecule has 1 aromatic carbocycles. The third-order valence-corrected chi connectivity index (χ3v) is 2.02. The van der Waals surface area contributed by atoms with Gasteiger partial charge in [-0.2, -0.15) is 0 Å². The first-order valence-corrected chi connectivity index (χ1v) is 5.13. The molecule has 0 aliphatic rings. The molecule has 0 aromatic heterocycles. The molecule has 0 heterocycles. The van der Waals surface area contributed by atoms with Crippen molar-refractivity contribution in [1.82, 2.24) is 0 Å². The topological polar surface area (TPSA) is 26.3 Å². The molecule has 0 aliphatic heterocycles. The number of ketones is 1. The van der Waals surface area contributed by atoms with Crippen LogP contribution in [0.25, 0.3) is 0 Å². The molecule has 0 fully saturated rings. The van der Waals surface area contributed by atoms with Crippen LogP contribution in [0.5, 0.6) is 5.75 Å². The average Bonchev–Trinajstić information content (AvgIpc) is 2.28. The zero-order chi connectivity index (χ0) is 10.9. The molecular formula is C13H16O2. The highest BCUT2D eigenvalue weighted by molar-refractivity contribution is 5.78. The van der Waals surface area contributed by atoms with Crippen molar-refractivity contribution in [3.63, 3.8) is 0 Å². The van der Waals surface area contributed by atoms with Gasteiger partial charge in [-0.25, -0.2) is 0 Å². The Bertz CT molecular complexity index is 304. The van der Waals surface area contributed by atoms with E-state index in [-0.39, 0.29) is 5.78 Å². The highest BCUT2D eigenvalue weighted by atomic mass is 16.5. The van der Waals surface area contributed by atoms with Gasteiger partial charge in [0.25, 0.3) is 0 Å². The Morgan fingerprint density at radius 3 is 2.67 bits per heavy atom. The smallest absolute Gasteiger partial charge is 0.136 e. The van der Waals surface area contributed by atoms with Crippen molar-refractivity contribution >= 4 is 5.78 Å². The van der Waals surface area contributed by atoms with Crippen molar-refractivity contribution in [3.8, 4) is 5.75 Å². The fraction of sp³-hybridized carbons (Fsp3) is 0.308. The quantitative estimate of drug-likeness (QED) is 0.638. The number of ether oxygens (including phenoxy) is 1. The lowest BCUT2D eigenvalue weighted by molar-refractivity contribution is -0.119. The van der Waals surface area contributed by atoms with Crippen molar-refractivity contribution in [2.24, 2.45) is 0 Å². The first-order chi connectivity index (χ1) is 7.33. The monoisotopic (exact) mass is 204 g/mol. The standard InChI is InChI=1S/C13H16O2/c1-2-3-7-12(14)10-11-15-13-8-5-4-6-9-13/h2,4-6,8-9H,1,3,7,10-11H2. The Hall–Kier alpha value is -1.57. The molecule has 0 saturated carbocycles. The van der Waals surface area contributed by atoms with Gasteiger partial charge in [0.1, 0.15) is 11.5 Å². The number of allylic oxidation sites excluding steroid dienone is 1. The fourth-order valence-electron chi connectivity index (χ4n) is 1.19. The van der Waals surface area contributed by atoms with Gasteiger partial charge in [-0.15, -0.1) is 6.58 Å². The van der Waals surface area contributed by atoms with Crippen LogP contribution >= 0.6 is 0 Å². The van der Waals surface area contributed by atoms with Gasteiger partial charge < -0.3 is 4.74 Å². The molecule has 0 spiro atoms. The third-order valence-electron chi connectivity index (χ3n) is 2.02. The lowest BCUT2D eigenvalue weighted by Gasteiger charge is -2.04. The van der Waals surface area contributed by atoms with Crippen LogP contribution in [0, 0.1) is 0 Å². The van der Waals surface area contributed by atoms with E-state index in [1.165, 1.54) is 0 Å². The van der Waals surface area contributed by atoms with Crippen LogP contribution in [-0.2, 0) is 4.79 Å². The van der Waals surface area contributed by atoms with Crippen molar-refractivity contribution in [3.05, 3.63) is 43.0 Å². The number of hydrogen-bond acceptors (Lipinski definition) is 2. The van der Waals surface area contributed by atoms with Gasteiger partial charge >= 0.3 is 0 Å². The van der Waals surface area contributed by atoms with E-state index in [1.54, 1.807) is 6.08 Å². The summed E-state index contributed by atoms with van der Waals surface area (Å²) in [6.45, 7) is 4.04. The van der Waals surface area contributed by atoms with E-state index < -0.39 is 0 Å². The first kappa shape index (κ1) is 11.5. The van der Waals surface area contributed by atoms with E-state index in [0.717, 1.165) is 12.2 Å². The van der Waals surface area contributed by atoms with E-state index in [4.69, 9.17) is 4.74 Å². The predicted octanol–water partition coefficient (Wildman–Crippen LogP) is 2.99. The maximum atomic E-state index is 11.3. The van der Waals surface area contributed by atoms with E-state index in [1.807, 2.05) is 30.3 Å². The molecule has 80 valence electrons. The number of rotatable bonds is 7. The van der Waals surface area contributed by atoms with Gasteiger partial charge in [0.2, 0.25) is 0 Å². The molecule has 2 nitrogen and oxygen atoms in total. The molecule has 0 saturated heterocycles. The van der Waals surface area contributed by atoms with Crippen LogP contribution in [0.3, 0.4) is 0 Å². The minimum absolute atomic E-state index is 0.228. The minimum atomic E-state index is 0.228. The maximum Gasteiger partial charge on any atom is 0.136 e. The Morgan fingerprint density at radius 2 is 2.00 bits per heavy atom. The minimum Gasteiger partial charge on any atom is -0.493 e. The van der Waals surface area contributed by atoms with Crippen molar-refractivity contribution in [1.29, 1.82) is 0 Å². The van der Waals surface area contributed by atoms with Crippen LogP contribution in [0.4, 0.5) is 0 Å². The summed E-state index contributed by atoms with van der Waals surface area (Å²) in [5.41, 5.74) is 0. The van der Waals surface area contributed by atoms with Gasteiger partial charge in [0.15, 0.2) is 0 Å². The normalized spacial score (nSPS) is 9.60. The number of para-hydroxylation sites is 1. The van der Waals surface area contributed by atoms with Crippen LogP contribution in [0.2, 0.25) is 0 Å². The summed E-state index contributed by atoms with van der Waals surface area (Å²) in [7, 11) is 0. The van der Waals surface area contributed by atoms with E-state index in [0.29, 0.717) is 19.4 Å². The summed E-state index contributed by atoms with van der Waals surface area (Å²) < 4.78 is 5.41. The molecule has 0 amide bonds. The van der Waals surface area contributed by atoms with Gasteiger partial charge in [-0.3, -0.25) is 4.79 Å². The Labute approximate surface area is 90.6 Å². The number of hydrogen-bond donors (Lipinski definition) is 0. The third kappa shape index (κ3) is 5.01. The second-order valence-corrected chi connectivity index (χ2v) is 3.28. The Balaban J connectivity index is 2.16. The second-order valence-electron chi connectivity index (χ2n) is 3.28. The number of carbonyl (C=O) groups is 1. The van der Waals surface area contributed by atoms with Crippen LogP contribution in [0.1, 0.15) is 19.3 Å². The first-order valence-electron chi connectivity index (χ1n) is 5.13. The molecule has 0 unspecified atom stereocenters. The molecular weight excluding hydrogens is 188 g/mol. The fourth-order valence-corrected chi connectivity index (χ4v) is 1.19. The zero-order valence-corrected chi connectivity index (χ0v) is 8.82. The summed E-state index contributed by atoms with van der Waals surface area (Å²) >= 11 is 0. The Morgan fingerprint density at radius 1 is 1.27 bits per heavy atom. The molecule has 0 aliphatic carbocycles. The van der Waals surface area contributed by atoms with Crippen molar-refractivity contribution in [2.75, 3.05) is 6.61 Å². The summed E-state index contributed by atoms with van der Waals surface area (Å²) in [5.74, 6) is 1.04. The summed E-state index contributed by atoms with van der Waals surface area (Å²) in [6, 6.07) is 9.52. The highest BCUT2D eigenvalue weighted by Crippen LogP contribution is 2.08. The lowest BCUT2D eigenvalue weighted by Crippen LogP contribution is -2.05. The highest BCUT2D eigenvalue weighted by Gasteiger charge is 2.00. The molecule has 15 heavy (non-hydrogen) atoms. The predicted molar refractivity (Wildman–Crippen MR) is 61.0 cm³/mol. The summed E-state index contributed by atoms with van der Waals surface area (Å²) in [4.78, 5) is 11.3. The SMILES string of the molecule is C=CCCC(=O)CCOc1ccccc1. The number of Topliss-reactive ketones (excluding diaryl/α,β-unsaturated/α-hetero) is 1. The number of benzene rings is 1. The van der Waals surface area contributed by atoms with Crippen molar-refractivity contribution in [2.45, 2.75) is 19.3 Å². The Kier molecular flexibility index (Phi) is 5.23. The van der Waals surface area contributed by atoms with Crippen LogP contribution < -0.4 is 4.74 Å². The molecule has 2 heteroatoms. The second kappa shape index (κ2) is 6.82. The molecule has 0 radical (unpaired) electrons. The van der Waals surface area contributed by atoms with Gasteiger partial charge in [0, 0.05) is 12.8 Å². The molecule has 0 bridgehead atoms. The maximum absolute atomic E-state index is 11.3.